The number of fused-ring (bicyclic) bond motifs is 2. The maximum Gasteiger partial charge on any atom is -0.0100 e. The molecule has 0 heteroatoms. The average molecular weight is 355 g/mol. The molecule has 0 nitrogen and oxygen atoms in total. The van der Waals surface area contributed by atoms with Crippen LogP contribution in [0.5, 0.6) is 0 Å². The summed E-state index contributed by atoms with van der Waals surface area (Å²) >= 11 is 0. The zero-order valence-electron chi connectivity index (χ0n) is 17.3. The largest absolute Gasteiger partial charge is 0.0955 e. The smallest absolute Gasteiger partial charge is 0.0100 e. The van der Waals surface area contributed by atoms with Crippen molar-refractivity contribution in [3.63, 3.8) is 0 Å². The summed E-state index contributed by atoms with van der Waals surface area (Å²) in [5.41, 5.74) is 8.51. The Morgan fingerprint density at radius 2 is 1.26 bits per heavy atom. The predicted molar refractivity (Wildman–Crippen MR) is 119 cm³/mol. The van der Waals surface area contributed by atoms with Crippen molar-refractivity contribution >= 4 is 16.3 Å². The Labute approximate surface area is 163 Å². The standard InChI is InChI=1S/C27H30/c1-18(2)19-7-8-21-16-22(10-9-20(21)15-19)23-11-12-24-25(17-23)27(5,6)14-13-26(24,3)4/h7-12,15-17H,1,13-14H2,2-6H3. The summed E-state index contributed by atoms with van der Waals surface area (Å²) < 4.78 is 0. The molecule has 138 valence electrons. The lowest BCUT2D eigenvalue weighted by molar-refractivity contribution is 0.332. The predicted octanol–water partition coefficient (Wildman–Crippen LogP) is 7.89. The molecule has 0 bridgehead atoms. The fraction of sp³-hybridized carbons (Fsp3) is 0.333. The molecule has 0 aliphatic heterocycles. The van der Waals surface area contributed by atoms with Gasteiger partial charge in [-0.3, -0.25) is 0 Å². The molecule has 0 amide bonds. The first-order valence-electron chi connectivity index (χ1n) is 10.0. The van der Waals surface area contributed by atoms with Crippen molar-refractivity contribution in [1.82, 2.24) is 0 Å². The number of hydrogen-bond donors (Lipinski definition) is 0. The molecule has 0 heterocycles. The van der Waals surface area contributed by atoms with Gasteiger partial charge in [-0.25, -0.2) is 0 Å². The molecule has 1 aliphatic rings. The van der Waals surface area contributed by atoms with Crippen LogP contribution in [0.3, 0.4) is 0 Å². The minimum atomic E-state index is 0.244. The Bertz CT molecular complexity index is 1050. The summed E-state index contributed by atoms with van der Waals surface area (Å²) in [7, 11) is 0. The van der Waals surface area contributed by atoms with E-state index in [0.717, 1.165) is 5.57 Å². The van der Waals surface area contributed by atoms with Gasteiger partial charge in [0.25, 0.3) is 0 Å². The number of allylic oxidation sites excluding steroid dienone is 1. The summed E-state index contributed by atoms with van der Waals surface area (Å²) in [5, 5.41) is 2.56. The van der Waals surface area contributed by atoms with Crippen LogP contribution in [0.15, 0.2) is 61.2 Å². The van der Waals surface area contributed by atoms with Gasteiger partial charge >= 0.3 is 0 Å². The van der Waals surface area contributed by atoms with Crippen LogP contribution in [0.1, 0.15) is 64.2 Å². The van der Waals surface area contributed by atoms with Crippen LogP contribution in [-0.4, -0.2) is 0 Å². The first kappa shape index (κ1) is 18.0. The fourth-order valence-corrected chi connectivity index (χ4v) is 4.46. The quantitative estimate of drug-likeness (QED) is 0.439. The van der Waals surface area contributed by atoms with E-state index >= 15 is 0 Å². The first-order chi connectivity index (χ1) is 12.7. The molecule has 3 aromatic carbocycles. The van der Waals surface area contributed by atoms with Crippen LogP contribution < -0.4 is 0 Å². The first-order valence-corrected chi connectivity index (χ1v) is 10.0. The Morgan fingerprint density at radius 3 is 1.96 bits per heavy atom. The molecule has 0 N–H and O–H groups in total. The molecule has 0 unspecified atom stereocenters. The molecule has 0 saturated heterocycles. The van der Waals surface area contributed by atoms with Gasteiger partial charge in [-0.05, 0) is 81.3 Å². The Balaban J connectivity index is 1.82. The summed E-state index contributed by atoms with van der Waals surface area (Å²) in [5.74, 6) is 0. The van der Waals surface area contributed by atoms with Crippen molar-refractivity contribution in [2.75, 3.05) is 0 Å². The van der Waals surface area contributed by atoms with Crippen LogP contribution in [0, 0.1) is 0 Å². The molecule has 0 radical (unpaired) electrons. The highest BCUT2D eigenvalue weighted by molar-refractivity contribution is 5.89. The van der Waals surface area contributed by atoms with E-state index in [2.05, 4.69) is 95.8 Å². The normalized spacial score (nSPS) is 17.5. The second kappa shape index (κ2) is 6.09. The zero-order valence-corrected chi connectivity index (χ0v) is 17.3. The Hall–Kier alpha value is -2.34. The van der Waals surface area contributed by atoms with E-state index in [9.17, 15) is 0 Å². The van der Waals surface area contributed by atoms with Gasteiger partial charge in [0, 0.05) is 0 Å². The lowest BCUT2D eigenvalue weighted by atomic mass is 9.63. The molecule has 0 spiro atoms. The number of rotatable bonds is 2. The molecule has 0 saturated carbocycles. The molecule has 1 aliphatic carbocycles. The van der Waals surface area contributed by atoms with Crippen LogP contribution in [0.4, 0.5) is 0 Å². The van der Waals surface area contributed by atoms with Gasteiger partial charge in [0.05, 0.1) is 0 Å². The molecular formula is C27H30. The summed E-state index contributed by atoms with van der Waals surface area (Å²) in [6, 6.07) is 20.6. The molecule has 0 aromatic heterocycles. The van der Waals surface area contributed by atoms with E-state index in [0.29, 0.717) is 0 Å². The van der Waals surface area contributed by atoms with E-state index in [4.69, 9.17) is 0 Å². The maximum absolute atomic E-state index is 4.06. The molecular weight excluding hydrogens is 324 g/mol. The second-order valence-electron chi connectivity index (χ2n) is 9.59. The maximum atomic E-state index is 4.06. The SMILES string of the molecule is C=C(C)c1ccc2cc(-c3ccc4c(c3)C(C)(C)CCC4(C)C)ccc2c1. The van der Waals surface area contributed by atoms with Crippen molar-refractivity contribution in [2.24, 2.45) is 0 Å². The van der Waals surface area contributed by atoms with Crippen molar-refractivity contribution in [3.05, 3.63) is 77.9 Å². The molecule has 27 heavy (non-hydrogen) atoms. The van der Waals surface area contributed by atoms with Gasteiger partial charge in [0.1, 0.15) is 0 Å². The van der Waals surface area contributed by atoms with E-state index in [1.807, 2.05) is 0 Å². The topological polar surface area (TPSA) is 0 Å². The fourth-order valence-electron chi connectivity index (χ4n) is 4.46. The van der Waals surface area contributed by atoms with Gasteiger partial charge < -0.3 is 0 Å². The number of benzene rings is 3. The van der Waals surface area contributed by atoms with E-state index in [1.54, 1.807) is 0 Å². The van der Waals surface area contributed by atoms with Crippen LogP contribution in [-0.2, 0) is 10.8 Å². The van der Waals surface area contributed by atoms with Gasteiger partial charge in [0.2, 0.25) is 0 Å². The summed E-state index contributed by atoms with van der Waals surface area (Å²) in [4.78, 5) is 0. The highest BCUT2D eigenvalue weighted by Gasteiger charge is 2.36. The van der Waals surface area contributed by atoms with E-state index in [1.165, 1.54) is 51.4 Å². The monoisotopic (exact) mass is 354 g/mol. The van der Waals surface area contributed by atoms with Gasteiger partial charge in [0.15, 0.2) is 0 Å². The molecule has 0 fully saturated rings. The Kier molecular flexibility index (Phi) is 4.07. The molecule has 3 aromatic rings. The Morgan fingerprint density at radius 1 is 0.704 bits per heavy atom. The van der Waals surface area contributed by atoms with Gasteiger partial charge in [-0.15, -0.1) is 0 Å². The van der Waals surface area contributed by atoms with Gasteiger partial charge in [-0.1, -0.05) is 82.3 Å². The average Bonchev–Trinajstić information content (AvgIpc) is 2.64. The lowest BCUT2D eigenvalue weighted by Crippen LogP contribution is -2.33. The van der Waals surface area contributed by atoms with Crippen molar-refractivity contribution in [2.45, 2.75) is 58.3 Å². The molecule has 0 atom stereocenters. The minimum Gasteiger partial charge on any atom is -0.0955 e. The third-order valence-electron chi connectivity index (χ3n) is 6.52. The third-order valence-corrected chi connectivity index (χ3v) is 6.52. The highest BCUT2D eigenvalue weighted by atomic mass is 14.4. The van der Waals surface area contributed by atoms with E-state index < -0.39 is 0 Å². The van der Waals surface area contributed by atoms with Crippen LogP contribution >= 0.6 is 0 Å². The second-order valence-corrected chi connectivity index (χ2v) is 9.59. The third kappa shape index (κ3) is 3.12. The summed E-state index contributed by atoms with van der Waals surface area (Å²) in [6.07, 6.45) is 2.51. The highest BCUT2D eigenvalue weighted by Crippen LogP contribution is 2.46. The lowest BCUT2D eigenvalue weighted by Gasteiger charge is -2.42. The van der Waals surface area contributed by atoms with Crippen molar-refractivity contribution < 1.29 is 0 Å². The van der Waals surface area contributed by atoms with Crippen molar-refractivity contribution in [1.29, 1.82) is 0 Å². The molecule has 4 rings (SSSR count). The minimum absolute atomic E-state index is 0.244. The zero-order chi connectivity index (χ0) is 19.4. The summed E-state index contributed by atoms with van der Waals surface area (Å²) in [6.45, 7) is 15.7. The van der Waals surface area contributed by atoms with Crippen LogP contribution in [0.25, 0.3) is 27.5 Å². The van der Waals surface area contributed by atoms with Crippen molar-refractivity contribution in [3.8, 4) is 11.1 Å². The van der Waals surface area contributed by atoms with E-state index in [-0.39, 0.29) is 10.8 Å². The number of hydrogen-bond acceptors (Lipinski definition) is 0. The van der Waals surface area contributed by atoms with Crippen LogP contribution in [0.2, 0.25) is 0 Å². The van der Waals surface area contributed by atoms with Gasteiger partial charge in [-0.2, -0.15) is 0 Å².